The van der Waals surface area contributed by atoms with Crippen LogP contribution in [0, 0.1) is 6.92 Å². The summed E-state index contributed by atoms with van der Waals surface area (Å²) in [5, 5.41) is 8.83. The smallest absolute Gasteiger partial charge is 0.319 e. The first-order chi connectivity index (χ1) is 18.3. The van der Waals surface area contributed by atoms with Crippen molar-refractivity contribution >= 4 is 29.2 Å². The number of hydrogen-bond acceptors (Lipinski definition) is 6. The molecule has 202 valence electrons. The van der Waals surface area contributed by atoms with Crippen molar-refractivity contribution in [3.05, 3.63) is 76.6 Å². The maximum absolute atomic E-state index is 12.7. The third-order valence-electron chi connectivity index (χ3n) is 5.85. The van der Waals surface area contributed by atoms with Crippen LogP contribution in [-0.2, 0) is 6.54 Å². The largest absolute Gasteiger partial charge is 0.490 e. The third-order valence-corrected chi connectivity index (χ3v) is 6.25. The molecule has 38 heavy (non-hydrogen) atoms. The summed E-state index contributed by atoms with van der Waals surface area (Å²) in [5.41, 5.74) is 2.47. The van der Waals surface area contributed by atoms with Crippen molar-refractivity contribution in [1.29, 1.82) is 0 Å². The Kier molecular flexibility index (Phi) is 10.7. The Morgan fingerprint density at radius 1 is 1.05 bits per heavy atom. The van der Waals surface area contributed by atoms with Gasteiger partial charge in [-0.25, -0.2) is 4.79 Å². The molecule has 0 saturated heterocycles. The quantitative estimate of drug-likeness (QED) is 0.291. The van der Waals surface area contributed by atoms with Crippen LogP contribution in [0.3, 0.4) is 0 Å². The highest BCUT2D eigenvalue weighted by molar-refractivity contribution is 6.31. The molecule has 0 bridgehead atoms. The highest BCUT2D eigenvalue weighted by Gasteiger charge is 2.12. The standard InChI is InChI=1S/C28H34ClN5O4/c1-5-34(6-2)12-13-37-26-17-23(29)19(3)14-24(26)33-28(36)32-18-20-8-7-9-21(15-20)38-22-10-11-31-25(16-22)27(35)30-4/h7-11,14-17H,5-6,12-13,18H2,1-4H3,(H,30,35)(H2,32,33,36). The molecule has 0 aliphatic carbocycles. The fourth-order valence-corrected chi connectivity index (χ4v) is 3.79. The first-order valence-electron chi connectivity index (χ1n) is 12.5. The summed E-state index contributed by atoms with van der Waals surface area (Å²) in [6.07, 6.45) is 1.51. The molecule has 9 nitrogen and oxygen atoms in total. The molecule has 0 aliphatic rings. The highest BCUT2D eigenvalue weighted by atomic mass is 35.5. The number of hydrogen-bond donors (Lipinski definition) is 3. The van der Waals surface area contributed by atoms with Crippen LogP contribution in [0.25, 0.3) is 0 Å². The molecule has 3 amide bonds. The van der Waals surface area contributed by atoms with Crippen molar-refractivity contribution in [3.63, 3.8) is 0 Å². The molecular formula is C28H34ClN5O4. The molecule has 3 rings (SSSR count). The second-order valence-electron chi connectivity index (χ2n) is 8.49. The number of halogens is 1. The number of nitrogens with zero attached hydrogens (tertiary/aromatic N) is 2. The van der Waals surface area contributed by atoms with E-state index in [1.54, 1.807) is 37.4 Å². The van der Waals surface area contributed by atoms with Gasteiger partial charge in [0.2, 0.25) is 0 Å². The zero-order valence-corrected chi connectivity index (χ0v) is 22.9. The van der Waals surface area contributed by atoms with Crippen LogP contribution in [0.4, 0.5) is 10.5 Å². The number of carbonyl (C=O) groups excluding carboxylic acids is 2. The SMILES string of the molecule is CCN(CC)CCOc1cc(Cl)c(C)cc1NC(=O)NCc1cccc(Oc2ccnc(C(=O)NC)c2)c1. The summed E-state index contributed by atoms with van der Waals surface area (Å²) in [6, 6.07) is 13.7. The lowest BCUT2D eigenvalue weighted by Gasteiger charge is -2.19. The van der Waals surface area contributed by atoms with Crippen LogP contribution in [0.1, 0.15) is 35.5 Å². The van der Waals surface area contributed by atoms with Gasteiger partial charge in [0.15, 0.2) is 0 Å². The predicted octanol–water partition coefficient (Wildman–Crippen LogP) is 5.24. The number of likely N-dealkylation sites (N-methyl/N-ethyl adjacent to an activating group) is 1. The van der Waals surface area contributed by atoms with E-state index in [0.717, 1.165) is 30.8 Å². The first kappa shape index (κ1) is 28.7. The fraction of sp³-hybridized carbons (Fsp3) is 0.321. The van der Waals surface area contributed by atoms with Gasteiger partial charge in [-0.3, -0.25) is 9.78 Å². The molecule has 0 unspecified atom stereocenters. The Hall–Kier alpha value is -3.82. The number of aryl methyl sites for hydroxylation is 1. The molecule has 2 aromatic carbocycles. The van der Waals surface area contributed by atoms with Crippen molar-refractivity contribution in [1.82, 2.24) is 20.5 Å². The molecule has 1 heterocycles. The number of carbonyl (C=O) groups is 2. The highest BCUT2D eigenvalue weighted by Crippen LogP contribution is 2.31. The molecule has 0 atom stereocenters. The summed E-state index contributed by atoms with van der Waals surface area (Å²) >= 11 is 6.31. The van der Waals surface area contributed by atoms with E-state index in [4.69, 9.17) is 21.1 Å². The minimum absolute atomic E-state index is 0.258. The summed E-state index contributed by atoms with van der Waals surface area (Å²) in [7, 11) is 1.54. The second kappa shape index (κ2) is 14.2. The Labute approximate surface area is 228 Å². The number of aromatic nitrogens is 1. The Balaban J connectivity index is 1.60. The summed E-state index contributed by atoms with van der Waals surface area (Å²) < 4.78 is 11.8. The van der Waals surface area contributed by atoms with Gasteiger partial charge in [0.05, 0.1) is 5.69 Å². The van der Waals surface area contributed by atoms with Crippen LogP contribution < -0.4 is 25.4 Å². The molecule has 0 radical (unpaired) electrons. The fourth-order valence-electron chi connectivity index (χ4n) is 3.64. The minimum atomic E-state index is -0.379. The van der Waals surface area contributed by atoms with Crippen molar-refractivity contribution < 1.29 is 19.1 Å². The molecule has 10 heteroatoms. The topological polar surface area (TPSA) is 105 Å². The molecule has 0 fully saturated rings. The normalized spacial score (nSPS) is 10.7. The first-order valence-corrected chi connectivity index (χ1v) is 12.9. The van der Waals surface area contributed by atoms with Gasteiger partial charge in [0.1, 0.15) is 29.5 Å². The van der Waals surface area contributed by atoms with Gasteiger partial charge in [-0.1, -0.05) is 37.6 Å². The Bertz CT molecular complexity index is 1250. The number of ether oxygens (including phenoxy) is 2. The van der Waals surface area contributed by atoms with Crippen molar-refractivity contribution in [3.8, 4) is 17.2 Å². The third kappa shape index (κ3) is 8.36. The van der Waals surface area contributed by atoms with Gasteiger partial charge in [0, 0.05) is 43.5 Å². The molecule has 1 aromatic heterocycles. The molecule has 0 aliphatic heterocycles. The summed E-state index contributed by atoms with van der Waals surface area (Å²) in [6.45, 7) is 9.48. The lowest BCUT2D eigenvalue weighted by Crippen LogP contribution is -2.29. The maximum Gasteiger partial charge on any atom is 0.319 e. The number of urea groups is 1. The van der Waals surface area contributed by atoms with Gasteiger partial charge in [-0.2, -0.15) is 0 Å². The van der Waals surface area contributed by atoms with Gasteiger partial charge < -0.3 is 30.3 Å². The lowest BCUT2D eigenvalue weighted by molar-refractivity contribution is 0.0957. The van der Waals surface area contributed by atoms with E-state index in [-0.39, 0.29) is 24.2 Å². The monoisotopic (exact) mass is 539 g/mol. The minimum Gasteiger partial charge on any atom is -0.490 e. The average Bonchev–Trinajstić information content (AvgIpc) is 2.92. The number of anilines is 1. The number of pyridine rings is 1. The summed E-state index contributed by atoms with van der Waals surface area (Å²) in [4.78, 5) is 30.8. The van der Waals surface area contributed by atoms with Crippen molar-refractivity contribution in [2.24, 2.45) is 0 Å². The van der Waals surface area contributed by atoms with E-state index in [1.165, 1.54) is 6.20 Å². The van der Waals surface area contributed by atoms with E-state index in [0.29, 0.717) is 34.6 Å². The molecule has 3 N–H and O–H groups in total. The molecular weight excluding hydrogens is 506 g/mol. The van der Waals surface area contributed by atoms with Gasteiger partial charge in [-0.05, 0) is 55.4 Å². The number of amides is 3. The molecule has 0 spiro atoms. The lowest BCUT2D eigenvalue weighted by atomic mass is 10.2. The van der Waals surface area contributed by atoms with E-state index < -0.39 is 0 Å². The van der Waals surface area contributed by atoms with E-state index in [9.17, 15) is 9.59 Å². The van der Waals surface area contributed by atoms with Crippen LogP contribution in [0.2, 0.25) is 5.02 Å². The van der Waals surface area contributed by atoms with Crippen molar-refractivity contribution in [2.75, 3.05) is 38.6 Å². The zero-order chi connectivity index (χ0) is 27.5. The predicted molar refractivity (Wildman–Crippen MR) is 149 cm³/mol. The van der Waals surface area contributed by atoms with Gasteiger partial charge in [-0.15, -0.1) is 0 Å². The number of rotatable bonds is 12. The number of benzene rings is 2. The second-order valence-corrected chi connectivity index (χ2v) is 8.89. The Morgan fingerprint density at radius 2 is 1.82 bits per heavy atom. The maximum atomic E-state index is 12.7. The van der Waals surface area contributed by atoms with Crippen LogP contribution in [-0.4, -0.2) is 55.1 Å². The van der Waals surface area contributed by atoms with E-state index in [1.807, 2.05) is 25.1 Å². The van der Waals surface area contributed by atoms with Crippen molar-refractivity contribution in [2.45, 2.75) is 27.3 Å². The average molecular weight is 540 g/mol. The summed E-state index contributed by atoms with van der Waals surface area (Å²) in [5.74, 6) is 1.27. The molecule has 0 saturated carbocycles. The van der Waals surface area contributed by atoms with E-state index >= 15 is 0 Å². The Morgan fingerprint density at radius 3 is 2.55 bits per heavy atom. The van der Waals surface area contributed by atoms with Crippen LogP contribution in [0.15, 0.2) is 54.7 Å². The zero-order valence-electron chi connectivity index (χ0n) is 22.1. The van der Waals surface area contributed by atoms with Crippen LogP contribution in [0.5, 0.6) is 17.2 Å². The van der Waals surface area contributed by atoms with E-state index in [2.05, 4.69) is 39.7 Å². The molecule has 3 aromatic rings. The van der Waals surface area contributed by atoms with Gasteiger partial charge >= 0.3 is 6.03 Å². The van der Waals surface area contributed by atoms with Gasteiger partial charge in [0.25, 0.3) is 5.91 Å². The van der Waals surface area contributed by atoms with Crippen LogP contribution >= 0.6 is 11.6 Å². The number of nitrogens with one attached hydrogen (secondary N) is 3.